The molecule has 0 spiro atoms. The molecular formula is C8H16O5S. The Balaban J connectivity index is 4.01. The first-order valence-corrected chi connectivity index (χ1v) is 6.09. The molecule has 0 saturated carbocycles. The Hall–Kier alpha value is -0.620. The Morgan fingerprint density at radius 3 is 2.14 bits per heavy atom. The first-order chi connectivity index (χ1) is 6.22. The Bertz CT molecular complexity index is 280. The molecule has 0 aliphatic rings. The summed E-state index contributed by atoms with van der Waals surface area (Å²) in [7, 11) is -3.61. The molecule has 0 aliphatic heterocycles. The van der Waals surface area contributed by atoms with E-state index in [2.05, 4.69) is 4.18 Å². The van der Waals surface area contributed by atoms with Crippen LogP contribution in [0.2, 0.25) is 0 Å². The van der Waals surface area contributed by atoms with E-state index in [9.17, 15) is 13.2 Å². The third-order valence-electron chi connectivity index (χ3n) is 1.21. The summed E-state index contributed by atoms with van der Waals surface area (Å²) >= 11 is 0. The van der Waals surface area contributed by atoms with Gasteiger partial charge in [0.25, 0.3) is 10.1 Å². The van der Waals surface area contributed by atoms with Crippen LogP contribution in [0.25, 0.3) is 0 Å². The molecule has 0 fully saturated rings. The maximum atomic E-state index is 11.1. The fraction of sp³-hybridized carbons (Fsp3) is 0.875. The highest BCUT2D eigenvalue weighted by Crippen LogP contribution is 2.01. The Kier molecular flexibility index (Phi) is 5.07. The number of esters is 1. The Morgan fingerprint density at radius 1 is 1.29 bits per heavy atom. The SMILES string of the molecule is CC(C)COC(=O)[C@@H](C)OS(C)(=O)=O. The van der Waals surface area contributed by atoms with Gasteiger partial charge < -0.3 is 4.74 Å². The van der Waals surface area contributed by atoms with E-state index in [0.29, 0.717) is 0 Å². The second-order valence-electron chi connectivity index (χ2n) is 3.47. The minimum absolute atomic E-state index is 0.212. The van der Waals surface area contributed by atoms with Gasteiger partial charge in [-0.25, -0.2) is 4.79 Å². The highest BCUT2D eigenvalue weighted by atomic mass is 32.2. The molecule has 84 valence electrons. The van der Waals surface area contributed by atoms with Gasteiger partial charge in [-0.05, 0) is 12.8 Å². The average Bonchev–Trinajstić information content (AvgIpc) is 1.96. The average molecular weight is 224 g/mol. The molecule has 0 heterocycles. The van der Waals surface area contributed by atoms with Crippen LogP contribution >= 0.6 is 0 Å². The molecule has 14 heavy (non-hydrogen) atoms. The van der Waals surface area contributed by atoms with Gasteiger partial charge in [-0.3, -0.25) is 4.18 Å². The molecular weight excluding hydrogens is 208 g/mol. The standard InChI is InChI=1S/C8H16O5S/c1-6(2)5-12-8(9)7(3)13-14(4,10)11/h6-7H,5H2,1-4H3/t7-/m1/s1. The molecule has 1 atom stereocenters. The second-order valence-corrected chi connectivity index (χ2v) is 5.07. The summed E-state index contributed by atoms with van der Waals surface area (Å²) in [5.41, 5.74) is 0. The van der Waals surface area contributed by atoms with Crippen LogP contribution in [-0.2, 0) is 23.8 Å². The molecule has 0 amide bonds. The molecule has 0 aliphatic carbocycles. The first kappa shape index (κ1) is 13.4. The summed E-state index contributed by atoms with van der Waals surface area (Å²) < 4.78 is 30.5. The number of carbonyl (C=O) groups excluding carboxylic acids is 1. The van der Waals surface area contributed by atoms with Crippen LogP contribution in [0.4, 0.5) is 0 Å². The van der Waals surface area contributed by atoms with Crippen LogP contribution < -0.4 is 0 Å². The zero-order valence-electron chi connectivity index (χ0n) is 8.81. The quantitative estimate of drug-likeness (QED) is 0.504. The van der Waals surface area contributed by atoms with Crippen molar-refractivity contribution in [3.8, 4) is 0 Å². The monoisotopic (exact) mass is 224 g/mol. The lowest BCUT2D eigenvalue weighted by molar-refractivity contribution is -0.152. The first-order valence-electron chi connectivity index (χ1n) is 4.27. The van der Waals surface area contributed by atoms with E-state index in [1.165, 1.54) is 6.92 Å². The summed E-state index contributed by atoms with van der Waals surface area (Å²) in [6, 6.07) is 0. The van der Waals surface area contributed by atoms with Gasteiger partial charge in [0, 0.05) is 0 Å². The molecule has 0 aromatic heterocycles. The summed E-state index contributed by atoms with van der Waals surface area (Å²) in [4.78, 5) is 11.1. The van der Waals surface area contributed by atoms with E-state index in [-0.39, 0.29) is 12.5 Å². The van der Waals surface area contributed by atoms with E-state index >= 15 is 0 Å². The lowest BCUT2D eigenvalue weighted by Crippen LogP contribution is -2.27. The number of rotatable bonds is 5. The number of hydrogen-bond acceptors (Lipinski definition) is 5. The highest BCUT2D eigenvalue weighted by molar-refractivity contribution is 7.86. The van der Waals surface area contributed by atoms with Gasteiger partial charge in [-0.1, -0.05) is 13.8 Å². The third kappa shape index (κ3) is 6.85. The largest absolute Gasteiger partial charge is 0.463 e. The van der Waals surface area contributed by atoms with E-state index < -0.39 is 22.2 Å². The Labute approximate surface area is 84.5 Å². The summed E-state index contributed by atoms with van der Waals surface area (Å²) in [6.45, 7) is 5.37. The molecule has 5 nitrogen and oxygen atoms in total. The molecule has 0 N–H and O–H groups in total. The molecule has 0 aromatic carbocycles. The lowest BCUT2D eigenvalue weighted by Gasteiger charge is -2.11. The third-order valence-corrected chi connectivity index (χ3v) is 1.85. The van der Waals surface area contributed by atoms with Crippen LogP contribution in [0.1, 0.15) is 20.8 Å². The van der Waals surface area contributed by atoms with Crippen LogP contribution in [0, 0.1) is 5.92 Å². The van der Waals surface area contributed by atoms with Crippen molar-refractivity contribution < 1.29 is 22.1 Å². The fourth-order valence-corrected chi connectivity index (χ4v) is 1.27. The molecule has 0 aromatic rings. The summed E-state index contributed by atoms with van der Waals surface area (Å²) in [5.74, 6) is -0.450. The highest BCUT2D eigenvalue weighted by Gasteiger charge is 2.20. The van der Waals surface area contributed by atoms with Gasteiger partial charge in [-0.2, -0.15) is 8.42 Å². The van der Waals surface area contributed by atoms with Crippen molar-refractivity contribution in [3.05, 3.63) is 0 Å². The van der Waals surface area contributed by atoms with Gasteiger partial charge in [0.05, 0.1) is 12.9 Å². The van der Waals surface area contributed by atoms with E-state index in [4.69, 9.17) is 4.74 Å². The van der Waals surface area contributed by atoms with Crippen molar-refractivity contribution in [2.24, 2.45) is 5.92 Å². The van der Waals surface area contributed by atoms with E-state index in [0.717, 1.165) is 6.26 Å². The Morgan fingerprint density at radius 2 is 1.79 bits per heavy atom. The van der Waals surface area contributed by atoms with Gasteiger partial charge in [0.1, 0.15) is 0 Å². The molecule has 0 saturated heterocycles. The summed E-state index contributed by atoms with van der Waals surface area (Å²) in [5, 5.41) is 0. The number of carbonyl (C=O) groups is 1. The minimum atomic E-state index is -3.61. The van der Waals surface area contributed by atoms with Crippen molar-refractivity contribution in [1.29, 1.82) is 0 Å². The topological polar surface area (TPSA) is 69.7 Å². The van der Waals surface area contributed by atoms with Gasteiger partial charge in [0.2, 0.25) is 0 Å². The molecule has 0 unspecified atom stereocenters. The van der Waals surface area contributed by atoms with Crippen LogP contribution in [0.15, 0.2) is 0 Å². The van der Waals surface area contributed by atoms with Crippen molar-refractivity contribution in [3.63, 3.8) is 0 Å². The predicted molar refractivity (Wildman–Crippen MR) is 51.2 cm³/mol. The second kappa shape index (κ2) is 5.31. The maximum absolute atomic E-state index is 11.1. The molecule has 0 radical (unpaired) electrons. The van der Waals surface area contributed by atoms with Gasteiger partial charge in [-0.15, -0.1) is 0 Å². The normalized spacial score (nSPS) is 14.1. The van der Waals surface area contributed by atoms with Crippen molar-refractivity contribution >= 4 is 16.1 Å². The zero-order valence-corrected chi connectivity index (χ0v) is 9.63. The van der Waals surface area contributed by atoms with Crippen molar-refractivity contribution in [1.82, 2.24) is 0 Å². The van der Waals surface area contributed by atoms with Crippen molar-refractivity contribution in [2.75, 3.05) is 12.9 Å². The summed E-state index contributed by atoms with van der Waals surface area (Å²) in [6.07, 6.45) is -0.192. The van der Waals surface area contributed by atoms with Crippen molar-refractivity contribution in [2.45, 2.75) is 26.9 Å². The lowest BCUT2D eigenvalue weighted by atomic mass is 10.2. The number of ether oxygens (including phenoxy) is 1. The van der Waals surface area contributed by atoms with Gasteiger partial charge >= 0.3 is 5.97 Å². The van der Waals surface area contributed by atoms with E-state index in [1.54, 1.807) is 0 Å². The smallest absolute Gasteiger partial charge is 0.336 e. The van der Waals surface area contributed by atoms with Gasteiger partial charge in [0.15, 0.2) is 6.10 Å². The number of hydrogen-bond donors (Lipinski definition) is 0. The minimum Gasteiger partial charge on any atom is -0.463 e. The van der Waals surface area contributed by atoms with E-state index in [1.807, 2.05) is 13.8 Å². The molecule has 0 bridgehead atoms. The van der Waals surface area contributed by atoms with Crippen LogP contribution in [0.3, 0.4) is 0 Å². The fourth-order valence-electron chi connectivity index (χ4n) is 0.668. The van der Waals surface area contributed by atoms with Crippen LogP contribution in [0.5, 0.6) is 0 Å². The molecule has 6 heteroatoms. The maximum Gasteiger partial charge on any atom is 0.336 e. The zero-order chi connectivity index (χ0) is 11.4. The molecule has 0 rings (SSSR count). The predicted octanol–water partition coefficient (Wildman–Crippen LogP) is 0.550. The van der Waals surface area contributed by atoms with Crippen LogP contribution in [-0.4, -0.2) is 33.4 Å².